The van der Waals surface area contributed by atoms with Crippen molar-refractivity contribution < 1.29 is 0 Å². The van der Waals surface area contributed by atoms with E-state index in [9.17, 15) is 0 Å². The van der Waals surface area contributed by atoms with Crippen LogP contribution in [0.1, 0.15) is 43.7 Å². The fourth-order valence-electron chi connectivity index (χ4n) is 3.56. The Bertz CT molecular complexity index is 357. The Morgan fingerprint density at radius 1 is 1.00 bits per heavy atom. The molecule has 1 aromatic carbocycles. The molecule has 1 atom stereocenters. The Hall–Kier alpha value is -0.860. The van der Waals surface area contributed by atoms with Crippen LogP contribution in [0.25, 0.3) is 0 Å². The first-order chi connectivity index (χ1) is 8.95. The number of nitrogens with zero attached hydrogens (tertiary/aromatic N) is 1. The molecule has 2 nitrogen and oxygen atoms in total. The van der Waals surface area contributed by atoms with Crippen LogP contribution in [0.3, 0.4) is 0 Å². The predicted octanol–water partition coefficient (Wildman–Crippen LogP) is 2.97. The molecule has 1 saturated carbocycles. The summed E-state index contributed by atoms with van der Waals surface area (Å²) in [5.74, 6) is 0. The van der Waals surface area contributed by atoms with Crippen LogP contribution >= 0.6 is 0 Å². The van der Waals surface area contributed by atoms with Gasteiger partial charge in [0, 0.05) is 25.2 Å². The van der Waals surface area contributed by atoms with Crippen LogP contribution in [0.4, 0.5) is 0 Å². The highest BCUT2D eigenvalue weighted by Crippen LogP contribution is 2.31. The molecule has 1 unspecified atom stereocenters. The summed E-state index contributed by atoms with van der Waals surface area (Å²) >= 11 is 0. The molecule has 1 heterocycles. The third-order valence-electron chi connectivity index (χ3n) is 4.49. The maximum absolute atomic E-state index is 3.61. The molecule has 0 bridgehead atoms. The van der Waals surface area contributed by atoms with Crippen LogP contribution < -0.4 is 5.32 Å². The Morgan fingerprint density at radius 2 is 1.78 bits per heavy atom. The first-order valence-electron chi connectivity index (χ1n) is 7.46. The van der Waals surface area contributed by atoms with Crippen molar-refractivity contribution in [3.63, 3.8) is 0 Å². The molecule has 1 saturated heterocycles. The van der Waals surface area contributed by atoms with Crippen molar-refractivity contribution in [1.29, 1.82) is 0 Å². The van der Waals surface area contributed by atoms with Crippen molar-refractivity contribution in [3.8, 4) is 0 Å². The largest absolute Gasteiger partial charge is 0.315 e. The van der Waals surface area contributed by atoms with E-state index in [2.05, 4.69) is 40.5 Å². The number of nitrogens with one attached hydrogen (secondary N) is 1. The van der Waals surface area contributed by atoms with E-state index >= 15 is 0 Å². The van der Waals surface area contributed by atoms with Gasteiger partial charge in [0.25, 0.3) is 0 Å². The molecule has 2 heteroatoms. The van der Waals surface area contributed by atoms with E-state index in [1.807, 2.05) is 0 Å². The lowest BCUT2D eigenvalue weighted by Gasteiger charge is -2.35. The highest BCUT2D eigenvalue weighted by molar-refractivity contribution is 5.20. The average molecular weight is 244 g/mol. The van der Waals surface area contributed by atoms with Crippen LogP contribution in [0.15, 0.2) is 30.3 Å². The van der Waals surface area contributed by atoms with Crippen molar-refractivity contribution in [2.45, 2.75) is 44.2 Å². The fraction of sp³-hybridized carbons (Fsp3) is 0.625. The summed E-state index contributed by atoms with van der Waals surface area (Å²) in [6.07, 6.45) is 6.96. The normalized spacial score (nSPS) is 27.2. The average Bonchev–Trinajstić information content (AvgIpc) is 2.84. The zero-order valence-corrected chi connectivity index (χ0v) is 11.1. The number of hydrogen-bond donors (Lipinski definition) is 1. The molecular formula is C16H24N2. The van der Waals surface area contributed by atoms with Crippen LogP contribution in [0, 0.1) is 0 Å². The van der Waals surface area contributed by atoms with Gasteiger partial charge in [-0.05, 0) is 31.4 Å². The summed E-state index contributed by atoms with van der Waals surface area (Å²) in [5.41, 5.74) is 1.49. The van der Waals surface area contributed by atoms with E-state index < -0.39 is 0 Å². The summed E-state index contributed by atoms with van der Waals surface area (Å²) < 4.78 is 0. The maximum Gasteiger partial charge on any atom is 0.0475 e. The lowest BCUT2D eigenvalue weighted by Crippen LogP contribution is -2.39. The Kier molecular flexibility index (Phi) is 3.96. The van der Waals surface area contributed by atoms with Crippen molar-refractivity contribution in [1.82, 2.24) is 10.2 Å². The standard InChI is InChI=1S/C16H24N2/c1-2-7-14(8-3-1)16-13-17-11-6-12-18(16)15-9-4-5-10-15/h1-3,7-8,15-17H,4-6,9-13H2. The molecule has 1 aliphatic carbocycles. The zero-order valence-electron chi connectivity index (χ0n) is 11.1. The minimum atomic E-state index is 0.580. The molecule has 0 spiro atoms. The first kappa shape index (κ1) is 12.2. The molecule has 2 fully saturated rings. The zero-order chi connectivity index (χ0) is 12.2. The monoisotopic (exact) mass is 244 g/mol. The van der Waals surface area contributed by atoms with Crippen molar-refractivity contribution in [3.05, 3.63) is 35.9 Å². The minimum absolute atomic E-state index is 0.580. The molecule has 0 aromatic heterocycles. The van der Waals surface area contributed by atoms with Crippen molar-refractivity contribution in [2.24, 2.45) is 0 Å². The SMILES string of the molecule is c1ccc(C2CNCCCN2C2CCCC2)cc1. The van der Waals surface area contributed by atoms with E-state index in [-0.39, 0.29) is 0 Å². The number of hydrogen-bond acceptors (Lipinski definition) is 2. The van der Waals surface area contributed by atoms with Gasteiger partial charge in [-0.15, -0.1) is 0 Å². The van der Waals surface area contributed by atoms with E-state index in [1.54, 1.807) is 0 Å². The van der Waals surface area contributed by atoms with E-state index in [4.69, 9.17) is 0 Å². The lowest BCUT2D eigenvalue weighted by molar-refractivity contribution is 0.146. The van der Waals surface area contributed by atoms with E-state index in [0.29, 0.717) is 6.04 Å². The van der Waals surface area contributed by atoms with Gasteiger partial charge in [-0.2, -0.15) is 0 Å². The van der Waals surface area contributed by atoms with Crippen molar-refractivity contribution in [2.75, 3.05) is 19.6 Å². The molecule has 1 aliphatic heterocycles. The Morgan fingerprint density at radius 3 is 2.56 bits per heavy atom. The van der Waals surface area contributed by atoms with Gasteiger partial charge >= 0.3 is 0 Å². The summed E-state index contributed by atoms with van der Waals surface area (Å²) in [5, 5.41) is 3.61. The van der Waals surface area contributed by atoms with Gasteiger partial charge in [-0.3, -0.25) is 4.90 Å². The van der Waals surface area contributed by atoms with Gasteiger partial charge in [0.05, 0.1) is 0 Å². The molecule has 18 heavy (non-hydrogen) atoms. The van der Waals surface area contributed by atoms with Gasteiger partial charge in [0.2, 0.25) is 0 Å². The fourth-order valence-corrected chi connectivity index (χ4v) is 3.56. The molecule has 3 rings (SSSR count). The van der Waals surface area contributed by atoms with Crippen LogP contribution in [0.5, 0.6) is 0 Å². The summed E-state index contributed by atoms with van der Waals surface area (Å²) in [4.78, 5) is 2.78. The van der Waals surface area contributed by atoms with Crippen LogP contribution in [0.2, 0.25) is 0 Å². The topological polar surface area (TPSA) is 15.3 Å². The maximum atomic E-state index is 3.61. The molecule has 98 valence electrons. The molecule has 2 aliphatic rings. The number of rotatable bonds is 2. The van der Waals surface area contributed by atoms with Crippen molar-refractivity contribution >= 4 is 0 Å². The second-order valence-corrected chi connectivity index (χ2v) is 5.66. The van der Waals surface area contributed by atoms with Gasteiger partial charge < -0.3 is 5.32 Å². The molecular weight excluding hydrogens is 220 g/mol. The minimum Gasteiger partial charge on any atom is -0.315 e. The summed E-state index contributed by atoms with van der Waals surface area (Å²) in [7, 11) is 0. The molecule has 0 radical (unpaired) electrons. The predicted molar refractivity (Wildman–Crippen MR) is 75.6 cm³/mol. The van der Waals surface area contributed by atoms with E-state index in [1.165, 1.54) is 50.8 Å². The molecule has 0 amide bonds. The lowest BCUT2D eigenvalue weighted by atomic mass is 10.0. The second kappa shape index (κ2) is 5.85. The van der Waals surface area contributed by atoms with Crippen LogP contribution in [-0.4, -0.2) is 30.6 Å². The van der Waals surface area contributed by atoms with E-state index in [0.717, 1.165) is 12.6 Å². The first-order valence-corrected chi connectivity index (χ1v) is 7.46. The highest BCUT2D eigenvalue weighted by Gasteiger charge is 2.30. The second-order valence-electron chi connectivity index (χ2n) is 5.66. The summed E-state index contributed by atoms with van der Waals surface area (Å²) in [6, 6.07) is 12.5. The Balaban J connectivity index is 1.82. The smallest absolute Gasteiger partial charge is 0.0475 e. The van der Waals surface area contributed by atoms with Gasteiger partial charge in [0.15, 0.2) is 0 Å². The highest BCUT2D eigenvalue weighted by atomic mass is 15.2. The van der Waals surface area contributed by atoms with Gasteiger partial charge in [-0.1, -0.05) is 43.2 Å². The molecule has 1 N–H and O–H groups in total. The quantitative estimate of drug-likeness (QED) is 0.860. The third kappa shape index (κ3) is 2.60. The Labute approximate surface area is 110 Å². The van der Waals surface area contributed by atoms with Crippen LogP contribution in [-0.2, 0) is 0 Å². The summed E-state index contributed by atoms with van der Waals surface area (Å²) in [6.45, 7) is 3.55. The van der Waals surface area contributed by atoms with Gasteiger partial charge in [-0.25, -0.2) is 0 Å². The third-order valence-corrected chi connectivity index (χ3v) is 4.49. The number of benzene rings is 1. The molecule has 1 aromatic rings. The van der Waals surface area contributed by atoms with Gasteiger partial charge in [0.1, 0.15) is 0 Å².